The number of halogens is 1. The quantitative estimate of drug-likeness (QED) is 0.927. The van der Waals surface area contributed by atoms with E-state index in [-0.39, 0.29) is 23.5 Å². The van der Waals surface area contributed by atoms with Gasteiger partial charge in [0.05, 0.1) is 4.90 Å². The Labute approximate surface area is 125 Å². The molecule has 0 atom stereocenters. The van der Waals surface area contributed by atoms with Gasteiger partial charge in [-0.05, 0) is 62.3 Å². The van der Waals surface area contributed by atoms with Gasteiger partial charge in [-0.2, -0.15) is 4.31 Å². The standard InChI is InChI=1S/C15H22FNO3S/c1-11-9-14(7-8-15(11)16)21(19,20)17(2)13-5-3-12(10-18)4-6-13/h7-9,12-13,18H,3-6,10H2,1-2H3. The first kappa shape index (κ1) is 16.4. The van der Waals surface area contributed by atoms with Crippen LogP contribution in [0.2, 0.25) is 0 Å². The van der Waals surface area contributed by atoms with Gasteiger partial charge in [-0.1, -0.05) is 0 Å². The van der Waals surface area contributed by atoms with Crippen LogP contribution in [0.15, 0.2) is 23.1 Å². The summed E-state index contributed by atoms with van der Waals surface area (Å²) < 4.78 is 39.9. The van der Waals surface area contributed by atoms with Crippen LogP contribution in [0.3, 0.4) is 0 Å². The number of benzene rings is 1. The Bertz CT molecular complexity index is 595. The van der Waals surface area contributed by atoms with E-state index in [0.29, 0.717) is 5.56 Å². The first-order valence-electron chi connectivity index (χ1n) is 7.21. The molecule has 0 amide bonds. The second-order valence-corrected chi connectivity index (χ2v) is 7.79. The average molecular weight is 315 g/mol. The second-order valence-electron chi connectivity index (χ2n) is 5.79. The molecule has 0 heterocycles. The largest absolute Gasteiger partial charge is 0.396 e. The third-order valence-electron chi connectivity index (χ3n) is 4.40. The number of hydrogen-bond acceptors (Lipinski definition) is 3. The van der Waals surface area contributed by atoms with Crippen LogP contribution in [0.4, 0.5) is 4.39 Å². The van der Waals surface area contributed by atoms with Crippen molar-refractivity contribution in [1.29, 1.82) is 0 Å². The molecule has 1 aliphatic carbocycles. The predicted molar refractivity (Wildman–Crippen MR) is 78.9 cm³/mol. The normalized spacial score (nSPS) is 23.5. The van der Waals surface area contributed by atoms with Crippen LogP contribution in [0.25, 0.3) is 0 Å². The molecule has 1 aromatic carbocycles. The summed E-state index contributed by atoms with van der Waals surface area (Å²) in [5.74, 6) is -0.120. The summed E-state index contributed by atoms with van der Waals surface area (Å²) in [4.78, 5) is 0.133. The number of nitrogens with zero attached hydrogens (tertiary/aromatic N) is 1. The minimum atomic E-state index is -3.60. The van der Waals surface area contributed by atoms with Gasteiger partial charge in [-0.25, -0.2) is 12.8 Å². The molecule has 0 saturated heterocycles. The number of sulfonamides is 1. The first-order valence-corrected chi connectivity index (χ1v) is 8.65. The fraction of sp³-hybridized carbons (Fsp3) is 0.600. The van der Waals surface area contributed by atoms with E-state index in [4.69, 9.17) is 5.11 Å². The van der Waals surface area contributed by atoms with Crippen LogP contribution in [-0.2, 0) is 10.0 Å². The molecule has 0 radical (unpaired) electrons. The smallest absolute Gasteiger partial charge is 0.243 e. The van der Waals surface area contributed by atoms with Crippen molar-refractivity contribution in [2.45, 2.75) is 43.5 Å². The summed E-state index contributed by atoms with van der Waals surface area (Å²) in [5, 5.41) is 9.14. The second kappa shape index (κ2) is 6.42. The summed E-state index contributed by atoms with van der Waals surface area (Å²) in [6.45, 7) is 1.72. The summed E-state index contributed by atoms with van der Waals surface area (Å²) >= 11 is 0. The van der Waals surface area contributed by atoms with Gasteiger partial charge < -0.3 is 5.11 Å². The Morgan fingerprint density at radius 1 is 1.29 bits per heavy atom. The van der Waals surface area contributed by atoms with Crippen molar-refractivity contribution in [2.75, 3.05) is 13.7 Å². The molecule has 1 aromatic rings. The molecule has 21 heavy (non-hydrogen) atoms. The highest BCUT2D eigenvalue weighted by Crippen LogP contribution is 2.30. The fourth-order valence-electron chi connectivity index (χ4n) is 2.83. The van der Waals surface area contributed by atoms with Crippen molar-refractivity contribution in [3.63, 3.8) is 0 Å². The molecule has 1 fully saturated rings. The van der Waals surface area contributed by atoms with Gasteiger partial charge >= 0.3 is 0 Å². The Hall–Kier alpha value is -0.980. The van der Waals surface area contributed by atoms with Gasteiger partial charge in [0.15, 0.2) is 0 Å². The molecule has 2 rings (SSSR count). The van der Waals surface area contributed by atoms with Crippen molar-refractivity contribution in [2.24, 2.45) is 5.92 Å². The van der Waals surface area contributed by atoms with E-state index in [9.17, 15) is 12.8 Å². The highest BCUT2D eigenvalue weighted by Gasteiger charge is 2.31. The molecule has 0 aliphatic heterocycles. The zero-order valence-electron chi connectivity index (χ0n) is 12.4. The van der Waals surface area contributed by atoms with Gasteiger partial charge in [-0.3, -0.25) is 0 Å². The topological polar surface area (TPSA) is 57.6 Å². The lowest BCUT2D eigenvalue weighted by molar-refractivity contribution is 0.159. The molecule has 1 N–H and O–H groups in total. The lowest BCUT2D eigenvalue weighted by Crippen LogP contribution is -2.39. The van der Waals surface area contributed by atoms with Gasteiger partial charge in [0.1, 0.15) is 5.82 Å². The molecule has 0 spiro atoms. The van der Waals surface area contributed by atoms with Crippen LogP contribution in [0.1, 0.15) is 31.2 Å². The number of aryl methyl sites for hydroxylation is 1. The van der Waals surface area contributed by atoms with Crippen molar-refractivity contribution in [3.8, 4) is 0 Å². The molecule has 1 aliphatic rings. The van der Waals surface area contributed by atoms with Gasteiger partial charge in [0.2, 0.25) is 10.0 Å². The highest BCUT2D eigenvalue weighted by atomic mass is 32.2. The summed E-state index contributed by atoms with van der Waals surface area (Å²) in [7, 11) is -2.02. The zero-order chi connectivity index (χ0) is 15.6. The summed E-state index contributed by atoms with van der Waals surface area (Å²) in [5.41, 5.74) is 0.327. The third-order valence-corrected chi connectivity index (χ3v) is 6.30. The molecule has 0 unspecified atom stereocenters. The number of hydrogen-bond donors (Lipinski definition) is 1. The minimum Gasteiger partial charge on any atom is -0.396 e. The minimum absolute atomic E-state index is 0.0526. The van der Waals surface area contributed by atoms with Crippen molar-refractivity contribution < 1.29 is 17.9 Å². The number of aliphatic hydroxyl groups is 1. The van der Waals surface area contributed by atoms with Gasteiger partial charge in [0, 0.05) is 19.7 Å². The maximum atomic E-state index is 13.3. The van der Waals surface area contributed by atoms with Crippen LogP contribution in [0, 0.1) is 18.7 Å². The fourth-order valence-corrected chi connectivity index (χ4v) is 4.33. The Balaban J connectivity index is 2.17. The highest BCUT2D eigenvalue weighted by molar-refractivity contribution is 7.89. The van der Waals surface area contributed by atoms with E-state index in [0.717, 1.165) is 25.7 Å². The lowest BCUT2D eigenvalue weighted by Gasteiger charge is -2.33. The molecule has 118 valence electrons. The average Bonchev–Trinajstić information content (AvgIpc) is 2.49. The molecular weight excluding hydrogens is 293 g/mol. The third kappa shape index (κ3) is 3.44. The molecule has 0 aromatic heterocycles. The van der Waals surface area contributed by atoms with Crippen LogP contribution < -0.4 is 0 Å². The Kier molecular flexibility index (Phi) is 5.01. The Morgan fingerprint density at radius 3 is 2.43 bits per heavy atom. The van der Waals surface area contributed by atoms with E-state index >= 15 is 0 Å². The maximum absolute atomic E-state index is 13.3. The first-order chi connectivity index (χ1) is 9.86. The van der Waals surface area contributed by atoms with Crippen LogP contribution >= 0.6 is 0 Å². The van der Waals surface area contributed by atoms with Gasteiger partial charge in [-0.15, -0.1) is 0 Å². The lowest BCUT2D eigenvalue weighted by atomic mass is 9.87. The molecule has 0 bridgehead atoms. The maximum Gasteiger partial charge on any atom is 0.243 e. The molecule has 6 heteroatoms. The monoisotopic (exact) mass is 315 g/mol. The van der Waals surface area contributed by atoms with Crippen molar-refractivity contribution in [1.82, 2.24) is 4.31 Å². The summed E-state index contributed by atoms with van der Waals surface area (Å²) in [6.07, 6.45) is 3.18. The predicted octanol–water partition coefficient (Wildman–Crippen LogP) is 2.31. The Morgan fingerprint density at radius 2 is 1.90 bits per heavy atom. The van der Waals surface area contributed by atoms with E-state index < -0.39 is 15.8 Å². The van der Waals surface area contributed by atoms with Gasteiger partial charge in [0.25, 0.3) is 0 Å². The molecule has 4 nitrogen and oxygen atoms in total. The SMILES string of the molecule is Cc1cc(S(=O)(=O)N(C)C2CCC(CO)CC2)ccc1F. The van der Waals surface area contributed by atoms with E-state index in [1.54, 1.807) is 14.0 Å². The van der Waals surface area contributed by atoms with Crippen LogP contribution in [0.5, 0.6) is 0 Å². The molecular formula is C15H22FNO3S. The van der Waals surface area contributed by atoms with E-state index in [2.05, 4.69) is 0 Å². The zero-order valence-corrected chi connectivity index (χ0v) is 13.2. The number of aliphatic hydroxyl groups excluding tert-OH is 1. The van der Waals surface area contributed by atoms with E-state index in [1.165, 1.54) is 22.5 Å². The van der Waals surface area contributed by atoms with E-state index in [1.807, 2.05) is 0 Å². The molecule has 1 saturated carbocycles. The summed E-state index contributed by atoms with van der Waals surface area (Å²) in [6, 6.07) is 3.83. The number of rotatable bonds is 4. The van der Waals surface area contributed by atoms with Crippen molar-refractivity contribution >= 4 is 10.0 Å². The van der Waals surface area contributed by atoms with Crippen molar-refractivity contribution in [3.05, 3.63) is 29.6 Å². The van der Waals surface area contributed by atoms with Crippen LogP contribution in [-0.4, -0.2) is 37.5 Å².